The number of rotatable bonds is 4. The molecule has 4 aliphatic rings. The van der Waals surface area contributed by atoms with E-state index in [1.165, 1.54) is 45.1 Å². The van der Waals surface area contributed by atoms with Gasteiger partial charge in [-0.25, -0.2) is 4.79 Å². The van der Waals surface area contributed by atoms with Crippen LogP contribution in [-0.2, 0) is 6.54 Å². The number of hydrogen-bond donors (Lipinski definition) is 1. The van der Waals surface area contributed by atoms with Gasteiger partial charge in [-0.05, 0) is 61.5 Å². The second-order valence-corrected chi connectivity index (χ2v) is 9.12. The SMILES string of the molecule is O=C(O)c1ccccc1CN1C[C@@H]2C[C@H](C1)[C@@H]1CCC[C@H](C3CC3)N1C2. The molecular weight excluding hydrogens is 324 g/mol. The standard InChI is InChI=1S/C22H30N2O2/c25-22(26)19-5-2-1-4-17(19)13-23-11-15-10-18(14-23)21-7-3-6-20(16-8-9-16)24(21)12-15/h1-2,4-5,15-16,18,20-21H,3,6-14H2,(H,25,26)/t15-,18+,20+,21-/m0/s1. The zero-order chi connectivity index (χ0) is 17.7. The van der Waals surface area contributed by atoms with Crippen LogP contribution in [-0.4, -0.2) is 52.6 Å². The molecule has 1 aromatic carbocycles. The van der Waals surface area contributed by atoms with Crippen molar-refractivity contribution in [2.24, 2.45) is 17.8 Å². The Morgan fingerprint density at radius 2 is 1.77 bits per heavy atom. The fourth-order valence-corrected chi connectivity index (χ4v) is 6.17. The third-order valence-electron chi connectivity index (χ3n) is 7.32. The molecule has 0 unspecified atom stereocenters. The van der Waals surface area contributed by atoms with E-state index in [-0.39, 0.29) is 0 Å². The first-order chi connectivity index (χ1) is 12.7. The van der Waals surface area contributed by atoms with E-state index < -0.39 is 5.97 Å². The lowest BCUT2D eigenvalue weighted by molar-refractivity contribution is -0.0629. The number of nitrogens with zero attached hydrogens (tertiary/aromatic N) is 2. The molecule has 140 valence electrons. The van der Waals surface area contributed by atoms with E-state index in [1.54, 1.807) is 6.07 Å². The van der Waals surface area contributed by atoms with Gasteiger partial charge >= 0.3 is 5.97 Å². The molecule has 3 aliphatic heterocycles. The number of fused-ring (bicyclic) bond motifs is 4. The summed E-state index contributed by atoms with van der Waals surface area (Å²) in [5.41, 5.74) is 1.44. The highest BCUT2D eigenvalue weighted by Gasteiger charge is 2.47. The van der Waals surface area contributed by atoms with Crippen LogP contribution < -0.4 is 0 Å². The van der Waals surface area contributed by atoms with E-state index in [0.717, 1.165) is 55.0 Å². The van der Waals surface area contributed by atoms with Crippen molar-refractivity contribution < 1.29 is 9.90 Å². The molecule has 3 heterocycles. The lowest BCUT2D eigenvalue weighted by Crippen LogP contribution is -2.61. The molecule has 5 rings (SSSR count). The smallest absolute Gasteiger partial charge is 0.336 e. The monoisotopic (exact) mass is 354 g/mol. The third kappa shape index (κ3) is 3.07. The molecule has 0 spiro atoms. The Hall–Kier alpha value is -1.39. The van der Waals surface area contributed by atoms with Gasteiger partial charge in [0.25, 0.3) is 0 Å². The van der Waals surface area contributed by atoms with Gasteiger partial charge in [0.05, 0.1) is 5.56 Å². The maximum atomic E-state index is 11.5. The van der Waals surface area contributed by atoms with E-state index in [9.17, 15) is 9.90 Å². The molecule has 0 radical (unpaired) electrons. The lowest BCUT2D eigenvalue weighted by atomic mass is 9.74. The minimum Gasteiger partial charge on any atom is -0.478 e. The number of likely N-dealkylation sites (tertiary alicyclic amines) is 1. The van der Waals surface area contributed by atoms with Crippen LogP contribution in [0, 0.1) is 17.8 Å². The van der Waals surface area contributed by atoms with E-state index in [0.29, 0.717) is 5.56 Å². The first-order valence-electron chi connectivity index (χ1n) is 10.5. The van der Waals surface area contributed by atoms with Crippen LogP contribution in [0.4, 0.5) is 0 Å². The highest BCUT2D eigenvalue weighted by Crippen LogP contribution is 2.46. The predicted octanol–water partition coefficient (Wildman–Crippen LogP) is 3.47. The van der Waals surface area contributed by atoms with Crippen molar-refractivity contribution in [1.29, 1.82) is 0 Å². The van der Waals surface area contributed by atoms with Crippen LogP contribution >= 0.6 is 0 Å². The molecule has 2 bridgehead atoms. The summed E-state index contributed by atoms with van der Waals surface area (Å²) in [4.78, 5) is 17.0. The third-order valence-corrected chi connectivity index (χ3v) is 7.32. The Bertz CT molecular complexity index is 686. The average molecular weight is 354 g/mol. The van der Waals surface area contributed by atoms with Gasteiger partial charge in [0, 0.05) is 38.3 Å². The molecule has 1 N–H and O–H groups in total. The summed E-state index contributed by atoms with van der Waals surface area (Å²) >= 11 is 0. The van der Waals surface area contributed by atoms with Gasteiger partial charge in [0.15, 0.2) is 0 Å². The van der Waals surface area contributed by atoms with Gasteiger partial charge in [-0.15, -0.1) is 0 Å². The van der Waals surface area contributed by atoms with E-state index in [2.05, 4.69) is 9.80 Å². The predicted molar refractivity (Wildman–Crippen MR) is 101 cm³/mol. The molecule has 4 nitrogen and oxygen atoms in total. The van der Waals surface area contributed by atoms with Crippen LogP contribution in [0.5, 0.6) is 0 Å². The minimum atomic E-state index is -0.802. The van der Waals surface area contributed by atoms with Crippen molar-refractivity contribution in [3.63, 3.8) is 0 Å². The summed E-state index contributed by atoms with van der Waals surface area (Å²) in [6.07, 6.45) is 8.51. The van der Waals surface area contributed by atoms with Crippen LogP contribution in [0.25, 0.3) is 0 Å². The number of carbonyl (C=O) groups is 1. The van der Waals surface area contributed by atoms with Crippen molar-refractivity contribution in [3.05, 3.63) is 35.4 Å². The molecular formula is C22H30N2O2. The number of carboxylic acids is 1. The van der Waals surface area contributed by atoms with Gasteiger partial charge in [-0.3, -0.25) is 9.80 Å². The van der Waals surface area contributed by atoms with Crippen molar-refractivity contribution in [2.75, 3.05) is 19.6 Å². The Labute approximate surface area is 156 Å². The van der Waals surface area contributed by atoms with Crippen LogP contribution in [0.2, 0.25) is 0 Å². The fraction of sp³-hybridized carbons (Fsp3) is 0.682. The molecule has 26 heavy (non-hydrogen) atoms. The lowest BCUT2D eigenvalue weighted by Gasteiger charge is -2.55. The van der Waals surface area contributed by atoms with Crippen molar-refractivity contribution in [3.8, 4) is 0 Å². The van der Waals surface area contributed by atoms with Crippen LogP contribution in [0.15, 0.2) is 24.3 Å². The van der Waals surface area contributed by atoms with E-state index in [4.69, 9.17) is 0 Å². The summed E-state index contributed by atoms with van der Waals surface area (Å²) in [6, 6.07) is 9.18. The van der Waals surface area contributed by atoms with Crippen molar-refractivity contribution in [2.45, 2.75) is 57.2 Å². The largest absolute Gasteiger partial charge is 0.478 e. The second-order valence-electron chi connectivity index (χ2n) is 9.12. The average Bonchev–Trinajstić information content (AvgIpc) is 3.46. The number of piperidine rings is 3. The van der Waals surface area contributed by atoms with Gasteiger partial charge in [0.1, 0.15) is 0 Å². The molecule has 1 aromatic rings. The molecule has 4 atom stereocenters. The van der Waals surface area contributed by atoms with Gasteiger partial charge < -0.3 is 5.11 Å². The minimum absolute atomic E-state index is 0.469. The molecule has 4 fully saturated rings. The highest BCUT2D eigenvalue weighted by atomic mass is 16.4. The summed E-state index contributed by atoms with van der Waals surface area (Å²) in [5, 5.41) is 9.47. The Balaban J connectivity index is 1.31. The molecule has 1 saturated carbocycles. The maximum absolute atomic E-state index is 11.5. The zero-order valence-corrected chi connectivity index (χ0v) is 15.5. The van der Waals surface area contributed by atoms with Crippen LogP contribution in [0.1, 0.15) is 54.4 Å². The molecule has 0 amide bonds. The fourth-order valence-electron chi connectivity index (χ4n) is 6.17. The summed E-state index contributed by atoms with van der Waals surface area (Å²) in [6.45, 7) is 4.34. The van der Waals surface area contributed by atoms with Gasteiger partial charge in [0.2, 0.25) is 0 Å². The van der Waals surface area contributed by atoms with Crippen molar-refractivity contribution in [1.82, 2.24) is 9.80 Å². The quantitative estimate of drug-likeness (QED) is 0.899. The first kappa shape index (κ1) is 16.8. The highest BCUT2D eigenvalue weighted by molar-refractivity contribution is 5.89. The number of hydrogen-bond acceptors (Lipinski definition) is 3. The normalized spacial score (nSPS) is 35.1. The van der Waals surface area contributed by atoms with E-state index >= 15 is 0 Å². The molecule has 4 heteroatoms. The van der Waals surface area contributed by atoms with Crippen LogP contribution in [0.3, 0.4) is 0 Å². The van der Waals surface area contributed by atoms with E-state index in [1.807, 2.05) is 18.2 Å². The summed E-state index contributed by atoms with van der Waals surface area (Å²) in [7, 11) is 0. The second kappa shape index (κ2) is 6.65. The molecule has 0 aromatic heterocycles. The van der Waals surface area contributed by atoms with Gasteiger partial charge in [-0.1, -0.05) is 24.6 Å². The molecule has 1 aliphatic carbocycles. The maximum Gasteiger partial charge on any atom is 0.336 e. The Kier molecular flexibility index (Phi) is 4.29. The number of aromatic carboxylic acids is 1. The summed E-state index contributed by atoms with van der Waals surface area (Å²) in [5.74, 6) is 1.74. The van der Waals surface area contributed by atoms with Gasteiger partial charge in [-0.2, -0.15) is 0 Å². The number of carboxylic acid groups (broad SMARTS) is 1. The molecule has 3 saturated heterocycles. The Morgan fingerprint density at radius 1 is 1.00 bits per heavy atom. The topological polar surface area (TPSA) is 43.8 Å². The zero-order valence-electron chi connectivity index (χ0n) is 15.5. The van der Waals surface area contributed by atoms with Crippen molar-refractivity contribution >= 4 is 5.97 Å². The first-order valence-corrected chi connectivity index (χ1v) is 10.5. The Morgan fingerprint density at radius 3 is 2.54 bits per heavy atom. The summed E-state index contributed by atoms with van der Waals surface area (Å²) < 4.78 is 0. The number of benzene rings is 1.